The summed E-state index contributed by atoms with van der Waals surface area (Å²) in [6.45, 7) is 1.48. The minimum absolute atomic E-state index is 0. The molecule has 1 aliphatic heterocycles. The monoisotopic (exact) mass is 311 g/mol. The van der Waals surface area contributed by atoms with Gasteiger partial charge in [-0.3, -0.25) is 9.59 Å². The van der Waals surface area contributed by atoms with Crippen LogP contribution < -0.4 is 10.6 Å². The highest BCUT2D eigenvalue weighted by atomic mass is 35.5. The summed E-state index contributed by atoms with van der Waals surface area (Å²) in [5.41, 5.74) is 1.65. The predicted octanol–water partition coefficient (Wildman–Crippen LogP) is 1.18. The third-order valence-corrected chi connectivity index (χ3v) is 3.60. The Morgan fingerprint density at radius 1 is 1.33 bits per heavy atom. The first-order chi connectivity index (χ1) is 9.61. The molecular weight excluding hydrogens is 290 g/mol. The maximum Gasteiger partial charge on any atom is 0.251 e. The van der Waals surface area contributed by atoms with Gasteiger partial charge in [0, 0.05) is 26.2 Å². The number of likely N-dealkylation sites (N-methyl/N-ethyl adjacent to an activating group) is 1. The van der Waals surface area contributed by atoms with Crippen molar-refractivity contribution in [1.82, 2.24) is 15.5 Å². The third-order valence-electron chi connectivity index (χ3n) is 3.60. The molecule has 1 aromatic rings. The van der Waals surface area contributed by atoms with E-state index < -0.39 is 0 Å². The summed E-state index contributed by atoms with van der Waals surface area (Å²) in [7, 11) is 3.42. The van der Waals surface area contributed by atoms with Crippen LogP contribution in [0.15, 0.2) is 24.3 Å². The summed E-state index contributed by atoms with van der Waals surface area (Å²) in [4.78, 5) is 25.3. The molecule has 1 saturated heterocycles. The van der Waals surface area contributed by atoms with Crippen molar-refractivity contribution >= 4 is 24.2 Å². The van der Waals surface area contributed by atoms with Gasteiger partial charge in [0.05, 0.1) is 6.04 Å². The molecule has 1 heterocycles. The normalized spacial score (nSPS) is 17.0. The highest BCUT2D eigenvalue weighted by Crippen LogP contribution is 2.11. The van der Waals surface area contributed by atoms with Crippen molar-refractivity contribution in [2.75, 3.05) is 20.6 Å². The predicted molar refractivity (Wildman–Crippen MR) is 84.6 cm³/mol. The zero-order valence-electron chi connectivity index (χ0n) is 12.4. The molecule has 2 N–H and O–H groups in total. The van der Waals surface area contributed by atoms with Crippen molar-refractivity contribution in [2.24, 2.45) is 0 Å². The number of halogens is 1. The Morgan fingerprint density at radius 2 is 2.00 bits per heavy atom. The molecule has 5 nitrogen and oxygen atoms in total. The minimum atomic E-state index is -0.101. The topological polar surface area (TPSA) is 61.4 Å². The smallest absolute Gasteiger partial charge is 0.251 e. The van der Waals surface area contributed by atoms with Gasteiger partial charge in [0.25, 0.3) is 5.91 Å². The van der Waals surface area contributed by atoms with Gasteiger partial charge in [-0.1, -0.05) is 12.1 Å². The number of hydrogen-bond acceptors (Lipinski definition) is 3. The molecule has 0 radical (unpaired) electrons. The summed E-state index contributed by atoms with van der Waals surface area (Å²) < 4.78 is 0. The lowest BCUT2D eigenvalue weighted by atomic mass is 10.1. The maximum atomic E-state index is 12.2. The molecule has 116 valence electrons. The number of carbonyl (C=O) groups is 2. The zero-order chi connectivity index (χ0) is 14.5. The van der Waals surface area contributed by atoms with Crippen LogP contribution in [0.4, 0.5) is 0 Å². The van der Waals surface area contributed by atoms with Crippen molar-refractivity contribution in [3.05, 3.63) is 35.4 Å². The van der Waals surface area contributed by atoms with Gasteiger partial charge in [-0.2, -0.15) is 0 Å². The molecule has 0 aliphatic carbocycles. The van der Waals surface area contributed by atoms with Gasteiger partial charge >= 0.3 is 0 Å². The van der Waals surface area contributed by atoms with Gasteiger partial charge < -0.3 is 15.5 Å². The molecule has 21 heavy (non-hydrogen) atoms. The quantitative estimate of drug-likeness (QED) is 0.878. The fourth-order valence-electron chi connectivity index (χ4n) is 2.42. The average Bonchev–Trinajstić information content (AvgIpc) is 3.00. The number of carbonyl (C=O) groups excluding carboxylic acids is 2. The van der Waals surface area contributed by atoms with Crippen LogP contribution in [-0.4, -0.2) is 43.4 Å². The Hall–Kier alpha value is -1.59. The van der Waals surface area contributed by atoms with Crippen molar-refractivity contribution in [3.8, 4) is 0 Å². The highest BCUT2D eigenvalue weighted by Gasteiger charge is 2.24. The number of hydrogen-bond donors (Lipinski definition) is 2. The van der Waals surface area contributed by atoms with E-state index in [2.05, 4.69) is 10.6 Å². The van der Waals surface area contributed by atoms with E-state index in [4.69, 9.17) is 0 Å². The number of amides is 2. The van der Waals surface area contributed by atoms with Gasteiger partial charge in [0.1, 0.15) is 0 Å². The fraction of sp³-hybridized carbons (Fsp3) is 0.467. The van der Waals surface area contributed by atoms with E-state index >= 15 is 0 Å². The van der Waals surface area contributed by atoms with E-state index in [-0.39, 0.29) is 30.3 Å². The second-order valence-electron chi connectivity index (χ2n) is 5.12. The first-order valence-electron chi connectivity index (χ1n) is 6.91. The first kappa shape index (κ1) is 17.5. The average molecular weight is 312 g/mol. The van der Waals surface area contributed by atoms with Crippen LogP contribution in [0.5, 0.6) is 0 Å². The Labute approximate surface area is 131 Å². The SMILES string of the molecule is CNC(=O)c1ccc(CN(C)C(=O)C2CCCN2)cc1.Cl. The molecule has 0 bridgehead atoms. The molecule has 0 aromatic heterocycles. The van der Waals surface area contributed by atoms with Gasteiger partial charge in [-0.25, -0.2) is 0 Å². The van der Waals surface area contributed by atoms with Gasteiger partial charge in [0.15, 0.2) is 0 Å². The summed E-state index contributed by atoms with van der Waals surface area (Å²) >= 11 is 0. The fourth-order valence-corrected chi connectivity index (χ4v) is 2.42. The lowest BCUT2D eigenvalue weighted by Gasteiger charge is -2.21. The molecule has 1 aliphatic rings. The van der Waals surface area contributed by atoms with Gasteiger partial charge in [0.2, 0.25) is 5.91 Å². The van der Waals surface area contributed by atoms with Crippen LogP contribution in [0.25, 0.3) is 0 Å². The molecule has 2 rings (SSSR count). The number of nitrogens with one attached hydrogen (secondary N) is 2. The highest BCUT2D eigenvalue weighted by molar-refractivity contribution is 5.93. The van der Waals surface area contributed by atoms with Crippen LogP contribution in [0, 0.1) is 0 Å². The Kier molecular flexibility index (Phi) is 6.65. The molecule has 1 fully saturated rings. The first-order valence-corrected chi connectivity index (χ1v) is 6.91. The lowest BCUT2D eigenvalue weighted by Crippen LogP contribution is -2.41. The molecule has 0 spiro atoms. The zero-order valence-corrected chi connectivity index (χ0v) is 13.2. The van der Waals surface area contributed by atoms with Crippen molar-refractivity contribution in [1.29, 1.82) is 0 Å². The minimum Gasteiger partial charge on any atom is -0.355 e. The number of benzene rings is 1. The standard InChI is InChI=1S/C15H21N3O2.ClH/c1-16-14(19)12-7-5-11(6-8-12)10-18(2)15(20)13-4-3-9-17-13;/h5-8,13,17H,3-4,9-10H2,1-2H3,(H,16,19);1H. The Morgan fingerprint density at radius 3 is 2.52 bits per heavy atom. The van der Waals surface area contributed by atoms with E-state index in [1.165, 1.54) is 0 Å². The van der Waals surface area contributed by atoms with Gasteiger partial charge in [-0.05, 0) is 37.1 Å². The summed E-state index contributed by atoms with van der Waals surface area (Å²) in [5, 5.41) is 5.80. The van der Waals surface area contributed by atoms with Crippen molar-refractivity contribution in [2.45, 2.75) is 25.4 Å². The molecule has 1 unspecified atom stereocenters. The number of rotatable bonds is 4. The molecule has 6 heteroatoms. The van der Waals surface area contributed by atoms with E-state index in [1.807, 2.05) is 19.2 Å². The largest absolute Gasteiger partial charge is 0.355 e. The second kappa shape index (κ2) is 8.00. The summed E-state index contributed by atoms with van der Waals surface area (Å²) in [6.07, 6.45) is 1.98. The van der Waals surface area contributed by atoms with Crippen LogP contribution in [-0.2, 0) is 11.3 Å². The molecule has 0 saturated carbocycles. The third kappa shape index (κ3) is 4.44. The van der Waals surface area contributed by atoms with E-state index in [1.54, 1.807) is 24.1 Å². The van der Waals surface area contributed by atoms with Gasteiger partial charge in [-0.15, -0.1) is 12.4 Å². The summed E-state index contributed by atoms with van der Waals surface area (Å²) in [5.74, 6) is 0.0361. The van der Waals surface area contributed by atoms with Crippen LogP contribution >= 0.6 is 12.4 Å². The molecule has 1 atom stereocenters. The Balaban J connectivity index is 0.00000220. The van der Waals surface area contributed by atoms with Crippen LogP contribution in [0.1, 0.15) is 28.8 Å². The van der Waals surface area contributed by atoms with Crippen LogP contribution in [0.3, 0.4) is 0 Å². The summed E-state index contributed by atoms with van der Waals surface area (Å²) in [6, 6.07) is 7.29. The Bertz CT molecular complexity index is 484. The van der Waals surface area contributed by atoms with Crippen molar-refractivity contribution < 1.29 is 9.59 Å². The molecule has 2 amide bonds. The maximum absolute atomic E-state index is 12.2. The van der Waals surface area contributed by atoms with E-state index in [0.717, 1.165) is 24.9 Å². The second-order valence-corrected chi connectivity index (χ2v) is 5.12. The number of nitrogens with zero attached hydrogens (tertiary/aromatic N) is 1. The molecule has 1 aromatic carbocycles. The van der Waals surface area contributed by atoms with Crippen LogP contribution in [0.2, 0.25) is 0 Å². The van der Waals surface area contributed by atoms with Crippen molar-refractivity contribution in [3.63, 3.8) is 0 Å². The molecular formula is C15H22ClN3O2. The van der Waals surface area contributed by atoms with E-state index in [9.17, 15) is 9.59 Å². The lowest BCUT2D eigenvalue weighted by molar-refractivity contribution is -0.132. The van der Waals surface area contributed by atoms with E-state index in [0.29, 0.717) is 12.1 Å².